The standard InChI is InChI=1S/C19H18N2O2/c22-19(11-10-15-8-4-5-9-16(15)13-19)18-20-17(21-23-18)12-14-6-2-1-3-7-14/h1-9,22H,10-13H2. The number of rotatable bonds is 3. The lowest BCUT2D eigenvalue weighted by molar-refractivity contribution is -0.00860. The zero-order valence-electron chi connectivity index (χ0n) is 12.8. The van der Waals surface area contributed by atoms with Gasteiger partial charge in [0, 0.05) is 12.8 Å². The molecule has 1 aromatic heterocycles. The Bertz CT molecular complexity index is 813. The minimum atomic E-state index is -1.06. The van der Waals surface area contributed by atoms with Gasteiger partial charge in [0.15, 0.2) is 5.82 Å². The van der Waals surface area contributed by atoms with Crippen LogP contribution in [0.5, 0.6) is 0 Å². The molecule has 23 heavy (non-hydrogen) atoms. The zero-order valence-corrected chi connectivity index (χ0v) is 12.8. The molecule has 0 radical (unpaired) electrons. The zero-order chi connectivity index (χ0) is 15.7. The van der Waals surface area contributed by atoms with Crippen molar-refractivity contribution in [2.75, 3.05) is 0 Å². The summed E-state index contributed by atoms with van der Waals surface area (Å²) in [5.74, 6) is 0.941. The van der Waals surface area contributed by atoms with Crippen LogP contribution in [0.4, 0.5) is 0 Å². The summed E-state index contributed by atoms with van der Waals surface area (Å²) >= 11 is 0. The Hall–Kier alpha value is -2.46. The molecule has 1 N–H and O–H groups in total. The van der Waals surface area contributed by atoms with E-state index in [-0.39, 0.29) is 0 Å². The van der Waals surface area contributed by atoms with Gasteiger partial charge in [0.1, 0.15) is 5.60 Å². The number of aryl methyl sites for hydroxylation is 1. The van der Waals surface area contributed by atoms with Crippen molar-refractivity contribution in [3.63, 3.8) is 0 Å². The lowest BCUT2D eigenvalue weighted by atomic mass is 9.80. The van der Waals surface area contributed by atoms with Crippen LogP contribution in [-0.4, -0.2) is 15.2 Å². The van der Waals surface area contributed by atoms with Crippen LogP contribution < -0.4 is 0 Å². The van der Waals surface area contributed by atoms with E-state index in [9.17, 15) is 5.11 Å². The molecule has 4 heteroatoms. The normalized spacial score (nSPS) is 20.2. The van der Waals surface area contributed by atoms with E-state index in [1.54, 1.807) is 0 Å². The fourth-order valence-electron chi connectivity index (χ4n) is 3.19. The van der Waals surface area contributed by atoms with E-state index >= 15 is 0 Å². The summed E-state index contributed by atoms with van der Waals surface area (Å²) in [4.78, 5) is 4.45. The van der Waals surface area contributed by atoms with E-state index in [1.165, 1.54) is 5.56 Å². The molecule has 1 aliphatic rings. The number of aliphatic hydroxyl groups is 1. The molecule has 116 valence electrons. The molecule has 0 saturated heterocycles. The Morgan fingerprint density at radius 2 is 1.74 bits per heavy atom. The molecule has 0 aliphatic heterocycles. The van der Waals surface area contributed by atoms with Crippen molar-refractivity contribution in [2.24, 2.45) is 0 Å². The number of nitrogens with zero attached hydrogens (tertiary/aromatic N) is 2. The molecule has 0 saturated carbocycles. The van der Waals surface area contributed by atoms with Crippen LogP contribution in [0.2, 0.25) is 0 Å². The number of fused-ring (bicyclic) bond motifs is 1. The highest BCUT2D eigenvalue weighted by atomic mass is 16.5. The van der Waals surface area contributed by atoms with E-state index < -0.39 is 5.60 Å². The van der Waals surface area contributed by atoms with Crippen molar-refractivity contribution in [3.8, 4) is 0 Å². The average Bonchev–Trinajstić information content (AvgIpc) is 3.05. The van der Waals surface area contributed by atoms with Gasteiger partial charge < -0.3 is 9.63 Å². The largest absolute Gasteiger partial charge is 0.380 e. The maximum Gasteiger partial charge on any atom is 0.258 e. The molecule has 0 amide bonds. The molecule has 1 unspecified atom stereocenters. The Labute approximate surface area is 134 Å². The fourth-order valence-corrected chi connectivity index (χ4v) is 3.19. The monoisotopic (exact) mass is 306 g/mol. The first-order valence-electron chi connectivity index (χ1n) is 7.89. The van der Waals surface area contributed by atoms with Gasteiger partial charge in [-0.25, -0.2) is 0 Å². The van der Waals surface area contributed by atoms with E-state index in [4.69, 9.17) is 4.52 Å². The number of benzene rings is 2. The van der Waals surface area contributed by atoms with E-state index in [0.29, 0.717) is 31.0 Å². The second kappa shape index (κ2) is 5.63. The molecule has 0 spiro atoms. The first-order valence-corrected chi connectivity index (χ1v) is 7.89. The van der Waals surface area contributed by atoms with Gasteiger partial charge in [-0.05, 0) is 29.5 Å². The highest BCUT2D eigenvalue weighted by molar-refractivity contribution is 5.32. The van der Waals surface area contributed by atoms with E-state index in [2.05, 4.69) is 22.3 Å². The average molecular weight is 306 g/mol. The molecule has 4 rings (SSSR count). The topological polar surface area (TPSA) is 59.2 Å². The smallest absolute Gasteiger partial charge is 0.258 e. The van der Waals surface area contributed by atoms with Crippen LogP contribution in [0, 0.1) is 0 Å². The molecule has 1 aliphatic carbocycles. The van der Waals surface area contributed by atoms with Crippen LogP contribution >= 0.6 is 0 Å². The third-order valence-corrected chi connectivity index (χ3v) is 4.48. The molecule has 1 atom stereocenters. The summed E-state index contributed by atoms with van der Waals surface area (Å²) < 4.78 is 5.38. The molecule has 3 aromatic rings. The second-order valence-corrected chi connectivity index (χ2v) is 6.16. The molecular formula is C19H18N2O2. The summed E-state index contributed by atoms with van der Waals surface area (Å²) in [6.07, 6.45) is 2.56. The van der Waals surface area contributed by atoms with Gasteiger partial charge in [-0.1, -0.05) is 59.8 Å². The highest BCUT2D eigenvalue weighted by Crippen LogP contribution is 2.35. The van der Waals surface area contributed by atoms with Crippen molar-refractivity contribution >= 4 is 0 Å². The number of aromatic nitrogens is 2. The molecule has 1 heterocycles. The molecule has 0 fully saturated rings. The lowest BCUT2D eigenvalue weighted by Gasteiger charge is -2.30. The van der Waals surface area contributed by atoms with Gasteiger partial charge in [-0.2, -0.15) is 4.98 Å². The maximum atomic E-state index is 11.0. The minimum absolute atomic E-state index is 0.331. The summed E-state index contributed by atoms with van der Waals surface area (Å²) in [5.41, 5.74) is 2.52. The predicted molar refractivity (Wildman–Crippen MR) is 85.9 cm³/mol. The maximum absolute atomic E-state index is 11.0. The number of hydrogen-bond donors (Lipinski definition) is 1. The first-order chi connectivity index (χ1) is 11.2. The van der Waals surface area contributed by atoms with Crippen molar-refractivity contribution in [1.82, 2.24) is 10.1 Å². The Balaban J connectivity index is 1.57. The van der Waals surface area contributed by atoms with Gasteiger partial charge in [0.2, 0.25) is 0 Å². The van der Waals surface area contributed by atoms with Crippen molar-refractivity contribution in [2.45, 2.75) is 31.3 Å². The second-order valence-electron chi connectivity index (χ2n) is 6.16. The third kappa shape index (κ3) is 2.78. The first kappa shape index (κ1) is 14.2. The van der Waals surface area contributed by atoms with Crippen LogP contribution in [0.3, 0.4) is 0 Å². The molecule has 0 bridgehead atoms. The van der Waals surface area contributed by atoms with Crippen LogP contribution in [0.15, 0.2) is 59.1 Å². The quantitative estimate of drug-likeness (QED) is 0.808. The van der Waals surface area contributed by atoms with Crippen LogP contribution in [0.25, 0.3) is 0 Å². The van der Waals surface area contributed by atoms with Crippen molar-refractivity contribution in [3.05, 3.63) is 83.0 Å². The SMILES string of the molecule is OC1(c2nc(Cc3ccccc3)no2)CCc2ccccc2C1. The molecule has 4 nitrogen and oxygen atoms in total. The summed E-state index contributed by atoms with van der Waals surface area (Å²) in [7, 11) is 0. The van der Waals surface area contributed by atoms with Crippen LogP contribution in [-0.2, 0) is 24.9 Å². The molecule has 2 aromatic carbocycles. The van der Waals surface area contributed by atoms with Gasteiger partial charge in [-0.3, -0.25) is 0 Å². The number of hydrogen-bond acceptors (Lipinski definition) is 4. The summed E-state index contributed by atoms with van der Waals surface area (Å²) in [6, 6.07) is 18.2. The highest BCUT2D eigenvalue weighted by Gasteiger charge is 2.38. The summed E-state index contributed by atoms with van der Waals surface area (Å²) in [6.45, 7) is 0. The Morgan fingerprint density at radius 3 is 2.57 bits per heavy atom. The molecular weight excluding hydrogens is 288 g/mol. The van der Waals surface area contributed by atoms with Crippen molar-refractivity contribution in [1.29, 1.82) is 0 Å². The Kier molecular flexibility index (Phi) is 3.46. The van der Waals surface area contributed by atoms with Crippen LogP contribution in [0.1, 0.15) is 34.8 Å². The minimum Gasteiger partial charge on any atom is -0.380 e. The summed E-state index contributed by atoms with van der Waals surface area (Å²) in [5, 5.41) is 15.0. The van der Waals surface area contributed by atoms with Gasteiger partial charge in [0.05, 0.1) is 0 Å². The predicted octanol–water partition coefficient (Wildman–Crippen LogP) is 3.04. The van der Waals surface area contributed by atoms with E-state index in [0.717, 1.165) is 17.5 Å². The van der Waals surface area contributed by atoms with Gasteiger partial charge >= 0.3 is 0 Å². The van der Waals surface area contributed by atoms with E-state index in [1.807, 2.05) is 42.5 Å². The Morgan fingerprint density at radius 1 is 1.00 bits per heavy atom. The third-order valence-electron chi connectivity index (χ3n) is 4.48. The van der Waals surface area contributed by atoms with Crippen molar-refractivity contribution < 1.29 is 9.63 Å². The fraction of sp³-hybridized carbons (Fsp3) is 0.263. The lowest BCUT2D eigenvalue weighted by Crippen LogP contribution is -2.33. The van der Waals surface area contributed by atoms with Gasteiger partial charge in [-0.15, -0.1) is 0 Å². The van der Waals surface area contributed by atoms with Gasteiger partial charge in [0.25, 0.3) is 5.89 Å².